The number of nitrogens with zero attached hydrogens (tertiary/aromatic N) is 1. The molecule has 0 aliphatic carbocycles. The maximum Gasteiger partial charge on any atom is 0.387 e. The van der Waals surface area contributed by atoms with Crippen LogP contribution in [-0.4, -0.2) is 47.5 Å². The highest BCUT2D eigenvalue weighted by atomic mass is 19.3. The number of hydrogen-bond acceptors (Lipinski definition) is 5. The molecule has 2 N–H and O–H groups in total. The third-order valence-electron chi connectivity index (χ3n) is 4.59. The first-order valence-electron chi connectivity index (χ1n) is 9.69. The van der Waals surface area contributed by atoms with Crippen molar-refractivity contribution in [3.05, 3.63) is 47.0 Å². The Morgan fingerprint density at radius 1 is 0.968 bits per heavy atom. The highest BCUT2D eigenvalue weighted by Crippen LogP contribution is 2.34. The number of aliphatic imine (C=N–C) groups is 1. The molecule has 0 amide bonds. The van der Waals surface area contributed by atoms with Crippen molar-refractivity contribution in [3.8, 4) is 23.0 Å². The highest BCUT2D eigenvalue weighted by molar-refractivity contribution is 5.79. The van der Waals surface area contributed by atoms with Gasteiger partial charge in [-0.25, -0.2) is 0 Å². The molecule has 0 spiro atoms. The van der Waals surface area contributed by atoms with E-state index in [9.17, 15) is 8.78 Å². The Hall–Kier alpha value is -3.23. The molecule has 0 saturated carbocycles. The van der Waals surface area contributed by atoms with Crippen LogP contribution in [-0.2, 0) is 13.0 Å². The van der Waals surface area contributed by atoms with Gasteiger partial charge in [0.05, 0.1) is 21.3 Å². The van der Waals surface area contributed by atoms with Gasteiger partial charge in [-0.05, 0) is 19.4 Å². The maximum absolute atomic E-state index is 12.7. The molecule has 0 aromatic heterocycles. The standard InChI is InChI=1S/C22H29F2N3O4/c1-14-6-7-18(31-21(23)24)15(10-14)13-27-22(25-2)26-9-8-17-19(29-4)11-16(28-3)12-20(17)30-5/h6-7,10-12,21H,8-9,13H2,1-5H3,(H2,25,26,27). The molecule has 31 heavy (non-hydrogen) atoms. The Bertz CT molecular complexity index is 866. The summed E-state index contributed by atoms with van der Waals surface area (Å²) in [6.45, 7) is -0.183. The van der Waals surface area contributed by atoms with Crippen LogP contribution in [0.5, 0.6) is 23.0 Å². The van der Waals surface area contributed by atoms with E-state index in [1.54, 1.807) is 52.6 Å². The molecule has 9 heteroatoms. The van der Waals surface area contributed by atoms with Gasteiger partial charge in [-0.15, -0.1) is 0 Å². The first-order valence-corrected chi connectivity index (χ1v) is 9.69. The minimum Gasteiger partial charge on any atom is -0.496 e. The smallest absolute Gasteiger partial charge is 0.387 e. The monoisotopic (exact) mass is 437 g/mol. The molecular formula is C22H29F2N3O4. The van der Waals surface area contributed by atoms with Crippen LogP contribution in [0.4, 0.5) is 8.78 Å². The normalized spacial score (nSPS) is 11.3. The molecule has 0 radical (unpaired) electrons. The molecule has 0 fully saturated rings. The Morgan fingerprint density at radius 3 is 2.19 bits per heavy atom. The fourth-order valence-corrected chi connectivity index (χ4v) is 3.09. The van der Waals surface area contributed by atoms with Gasteiger partial charge in [0.2, 0.25) is 0 Å². The summed E-state index contributed by atoms with van der Waals surface area (Å²) in [6, 6.07) is 8.66. The van der Waals surface area contributed by atoms with Gasteiger partial charge < -0.3 is 29.6 Å². The molecule has 0 aliphatic heterocycles. The second-order valence-corrected chi connectivity index (χ2v) is 6.60. The van der Waals surface area contributed by atoms with Crippen molar-refractivity contribution in [2.45, 2.75) is 26.5 Å². The van der Waals surface area contributed by atoms with Crippen molar-refractivity contribution in [1.29, 1.82) is 0 Å². The lowest BCUT2D eigenvalue weighted by molar-refractivity contribution is -0.0504. The van der Waals surface area contributed by atoms with E-state index in [-0.39, 0.29) is 12.3 Å². The van der Waals surface area contributed by atoms with Crippen LogP contribution in [0.1, 0.15) is 16.7 Å². The highest BCUT2D eigenvalue weighted by Gasteiger charge is 2.14. The number of halogens is 2. The summed E-state index contributed by atoms with van der Waals surface area (Å²) in [5.41, 5.74) is 2.45. The van der Waals surface area contributed by atoms with Crippen molar-refractivity contribution in [1.82, 2.24) is 10.6 Å². The molecule has 0 bridgehead atoms. The Balaban J connectivity index is 2.01. The van der Waals surface area contributed by atoms with Gasteiger partial charge in [-0.3, -0.25) is 4.99 Å². The maximum atomic E-state index is 12.7. The van der Waals surface area contributed by atoms with Gasteiger partial charge in [0.15, 0.2) is 5.96 Å². The lowest BCUT2D eigenvalue weighted by Gasteiger charge is -2.17. The Labute approximate surface area is 181 Å². The number of methoxy groups -OCH3 is 3. The number of alkyl halides is 2. The molecule has 7 nitrogen and oxygen atoms in total. The van der Waals surface area contributed by atoms with Crippen molar-refractivity contribution in [2.24, 2.45) is 4.99 Å². The van der Waals surface area contributed by atoms with E-state index in [0.717, 1.165) is 11.1 Å². The predicted octanol–water partition coefficient (Wildman–Crippen LogP) is 3.53. The van der Waals surface area contributed by atoms with E-state index >= 15 is 0 Å². The van der Waals surface area contributed by atoms with Crippen LogP contribution < -0.4 is 29.6 Å². The second kappa shape index (κ2) is 11.8. The fraction of sp³-hybridized carbons (Fsp3) is 0.409. The molecular weight excluding hydrogens is 408 g/mol. The molecule has 2 aromatic rings. The number of benzene rings is 2. The molecule has 0 aliphatic rings. The van der Waals surface area contributed by atoms with Gasteiger partial charge in [-0.1, -0.05) is 17.7 Å². The Kier molecular flexibility index (Phi) is 9.17. The van der Waals surface area contributed by atoms with Crippen LogP contribution in [0.25, 0.3) is 0 Å². The zero-order valence-electron chi connectivity index (χ0n) is 18.4. The van der Waals surface area contributed by atoms with Gasteiger partial charge in [-0.2, -0.15) is 8.78 Å². The fourth-order valence-electron chi connectivity index (χ4n) is 3.09. The lowest BCUT2D eigenvalue weighted by Crippen LogP contribution is -2.38. The van der Waals surface area contributed by atoms with E-state index in [2.05, 4.69) is 20.4 Å². The summed E-state index contributed by atoms with van der Waals surface area (Å²) >= 11 is 0. The van der Waals surface area contributed by atoms with Crippen LogP contribution >= 0.6 is 0 Å². The summed E-state index contributed by atoms with van der Waals surface area (Å²) < 4.78 is 46.1. The molecule has 2 rings (SSSR count). The van der Waals surface area contributed by atoms with Gasteiger partial charge >= 0.3 is 6.61 Å². The molecule has 0 heterocycles. The summed E-state index contributed by atoms with van der Waals surface area (Å²) in [6.07, 6.45) is 0.598. The number of hydrogen-bond donors (Lipinski definition) is 2. The Morgan fingerprint density at radius 2 is 1.65 bits per heavy atom. The minimum atomic E-state index is -2.88. The summed E-state index contributed by atoms with van der Waals surface area (Å²) in [7, 11) is 6.40. The van der Waals surface area contributed by atoms with Gasteiger partial charge in [0, 0.05) is 43.4 Å². The van der Waals surface area contributed by atoms with E-state index in [1.165, 1.54) is 6.07 Å². The van der Waals surface area contributed by atoms with Crippen molar-refractivity contribution in [3.63, 3.8) is 0 Å². The van der Waals surface area contributed by atoms with E-state index in [4.69, 9.17) is 14.2 Å². The number of nitrogens with one attached hydrogen (secondary N) is 2. The van der Waals surface area contributed by atoms with Crippen molar-refractivity contribution in [2.75, 3.05) is 34.9 Å². The van der Waals surface area contributed by atoms with Gasteiger partial charge in [0.1, 0.15) is 23.0 Å². The van der Waals surface area contributed by atoms with Crippen LogP contribution in [0, 0.1) is 6.92 Å². The molecule has 0 saturated heterocycles. The lowest BCUT2D eigenvalue weighted by atomic mass is 10.1. The van der Waals surface area contributed by atoms with E-state index in [1.807, 2.05) is 6.92 Å². The summed E-state index contributed by atoms with van der Waals surface area (Å²) in [5.74, 6) is 2.62. The molecule has 0 atom stereocenters. The molecule has 0 unspecified atom stereocenters. The quantitative estimate of drug-likeness (QED) is 0.438. The molecule has 170 valence electrons. The average Bonchev–Trinajstić information content (AvgIpc) is 2.76. The van der Waals surface area contributed by atoms with E-state index < -0.39 is 6.61 Å². The van der Waals surface area contributed by atoms with E-state index in [0.29, 0.717) is 41.7 Å². The third kappa shape index (κ3) is 6.91. The van der Waals surface area contributed by atoms with Gasteiger partial charge in [0.25, 0.3) is 0 Å². The number of ether oxygens (including phenoxy) is 4. The summed E-state index contributed by atoms with van der Waals surface area (Å²) in [4.78, 5) is 4.18. The minimum absolute atomic E-state index is 0.135. The first-order chi connectivity index (χ1) is 14.9. The van der Waals surface area contributed by atoms with Crippen LogP contribution in [0.3, 0.4) is 0 Å². The zero-order valence-corrected chi connectivity index (χ0v) is 18.4. The molecule has 2 aromatic carbocycles. The topological polar surface area (TPSA) is 73.3 Å². The van der Waals surface area contributed by atoms with Crippen LogP contribution in [0.15, 0.2) is 35.3 Å². The zero-order chi connectivity index (χ0) is 22.8. The number of guanidine groups is 1. The SMILES string of the molecule is CN=C(NCCc1c(OC)cc(OC)cc1OC)NCc1cc(C)ccc1OC(F)F. The largest absolute Gasteiger partial charge is 0.496 e. The van der Waals surface area contributed by atoms with Crippen LogP contribution in [0.2, 0.25) is 0 Å². The van der Waals surface area contributed by atoms with Crippen molar-refractivity contribution < 1.29 is 27.7 Å². The second-order valence-electron chi connectivity index (χ2n) is 6.60. The number of aryl methyl sites for hydroxylation is 1. The summed E-state index contributed by atoms with van der Waals surface area (Å²) in [5, 5.41) is 6.32. The van der Waals surface area contributed by atoms with Crippen molar-refractivity contribution >= 4 is 5.96 Å². The number of rotatable bonds is 10. The average molecular weight is 437 g/mol. The first kappa shape index (κ1) is 24.0. The third-order valence-corrected chi connectivity index (χ3v) is 4.59. The predicted molar refractivity (Wildman–Crippen MR) is 116 cm³/mol.